The second-order valence-electron chi connectivity index (χ2n) is 4.18. The van der Waals surface area contributed by atoms with Crippen molar-refractivity contribution in [3.05, 3.63) is 35.9 Å². The van der Waals surface area contributed by atoms with Crippen LogP contribution in [0.1, 0.15) is 23.7 Å². The van der Waals surface area contributed by atoms with E-state index in [1.165, 1.54) is 0 Å². The van der Waals surface area contributed by atoms with Crippen molar-refractivity contribution >= 4 is 17.7 Å². The summed E-state index contributed by atoms with van der Waals surface area (Å²) >= 11 is 1.56. The summed E-state index contributed by atoms with van der Waals surface area (Å²) in [5.74, 6) is -0.332. The van der Waals surface area contributed by atoms with E-state index in [0.717, 1.165) is 0 Å². The summed E-state index contributed by atoms with van der Waals surface area (Å²) in [5.41, 5.74) is 0.542. The summed E-state index contributed by atoms with van der Waals surface area (Å²) in [6.07, 6.45) is -0.297. The molecule has 3 atom stereocenters. The first-order chi connectivity index (χ1) is 8.16. The molecule has 2 rings (SSSR count). The Morgan fingerprint density at radius 3 is 2.76 bits per heavy atom. The number of rotatable bonds is 3. The molecule has 17 heavy (non-hydrogen) atoms. The third-order valence-electron chi connectivity index (χ3n) is 2.81. The van der Waals surface area contributed by atoms with Gasteiger partial charge in [0.2, 0.25) is 0 Å². The van der Waals surface area contributed by atoms with Crippen molar-refractivity contribution in [2.45, 2.75) is 30.0 Å². The van der Waals surface area contributed by atoms with E-state index in [9.17, 15) is 9.18 Å². The van der Waals surface area contributed by atoms with Crippen molar-refractivity contribution in [3.63, 3.8) is 0 Å². The molecule has 1 heterocycles. The number of hydrogen-bond donors (Lipinski definition) is 0. The summed E-state index contributed by atoms with van der Waals surface area (Å²) in [6.45, 7) is 2.16. The molecule has 1 aromatic rings. The maximum Gasteiger partial charge on any atom is 0.338 e. The van der Waals surface area contributed by atoms with E-state index < -0.39 is 6.17 Å². The van der Waals surface area contributed by atoms with Gasteiger partial charge in [0.1, 0.15) is 12.8 Å². The van der Waals surface area contributed by atoms with Crippen LogP contribution in [0.15, 0.2) is 30.3 Å². The highest BCUT2D eigenvalue weighted by molar-refractivity contribution is 8.00. The van der Waals surface area contributed by atoms with Crippen LogP contribution in [-0.4, -0.2) is 29.2 Å². The van der Waals surface area contributed by atoms with Crippen LogP contribution < -0.4 is 0 Å². The number of carbonyl (C=O) groups is 1. The van der Waals surface area contributed by atoms with E-state index in [4.69, 9.17) is 4.74 Å². The lowest BCUT2D eigenvalue weighted by atomic mass is 10.2. The van der Waals surface area contributed by atoms with Gasteiger partial charge in [0.05, 0.1) is 5.56 Å². The molecule has 1 aromatic carbocycles. The van der Waals surface area contributed by atoms with Gasteiger partial charge in [-0.25, -0.2) is 9.18 Å². The van der Waals surface area contributed by atoms with Crippen LogP contribution >= 0.6 is 11.8 Å². The lowest BCUT2D eigenvalue weighted by Crippen LogP contribution is -2.15. The predicted molar refractivity (Wildman–Crippen MR) is 67.1 cm³/mol. The number of thioether (sulfide) groups is 1. The Labute approximate surface area is 105 Å². The fourth-order valence-electron chi connectivity index (χ4n) is 1.82. The van der Waals surface area contributed by atoms with Gasteiger partial charge in [0, 0.05) is 10.5 Å². The fraction of sp³-hybridized carbons (Fsp3) is 0.462. The molecule has 0 aliphatic carbocycles. The molecule has 1 aliphatic rings. The van der Waals surface area contributed by atoms with Crippen molar-refractivity contribution in [1.82, 2.24) is 0 Å². The highest BCUT2D eigenvalue weighted by Gasteiger charge is 2.32. The number of halogens is 1. The van der Waals surface area contributed by atoms with Gasteiger partial charge in [0.15, 0.2) is 0 Å². The van der Waals surface area contributed by atoms with E-state index >= 15 is 0 Å². The lowest BCUT2D eigenvalue weighted by Gasteiger charge is -2.09. The Kier molecular flexibility index (Phi) is 4.05. The van der Waals surface area contributed by atoms with Crippen molar-refractivity contribution in [1.29, 1.82) is 0 Å². The van der Waals surface area contributed by atoms with Crippen molar-refractivity contribution < 1.29 is 13.9 Å². The Balaban J connectivity index is 1.81. The minimum absolute atomic E-state index is 0.00965. The van der Waals surface area contributed by atoms with Gasteiger partial charge < -0.3 is 4.74 Å². The molecule has 2 nitrogen and oxygen atoms in total. The molecule has 1 aliphatic heterocycles. The molecular formula is C13H15FO2S. The molecule has 0 radical (unpaired) electrons. The van der Waals surface area contributed by atoms with Gasteiger partial charge in [-0.15, -0.1) is 11.8 Å². The third kappa shape index (κ3) is 3.22. The quantitative estimate of drug-likeness (QED) is 0.775. The molecular weight excluding hydrogens is 239 g/mol. The molecule has 4 heteroatoms. The zero-order chi connectivity index (χ0) is 12.3. The van der Waals surface area contributed by atoms with Crippen molar-refractivity contribution in [3.8, 4) is 0 Å². The Bertz CT molecular complexity index is 372. The number of hydrogen-bond acceptors (Lipinski definition) is 3. The first kappa shape index (κ1) is 12.4. The molecule has 0 N–H and O–H groups in total. The Morgan fingerprint density at radius 2 is 2.18 bits per heavy atom. The molecule has 92 valence electrons. The standard InChI is InChI=1S/C13H15FO2S/c1-9-12(14)7-11(17-9)8-16-13(15)10-5-3-2-4-6-10/h2-6,9,11-12H,7-8H2,1H3/t9?,11-,12+/m1/s1. The SMILES string of the molecule is CC1S[C@@H](COC(=O)c2ccccc2)C[C@@H]1F. The molecule has 0 aromatic heterocycles. The van der Waals surface area contributed by atoms with Crippen molar-refractivity contribution in [2.75, 3.05) is 6.61 Å². The van der Waals surface area contributed by atoms with E-state index in [1.54, 1.807) is 36.0 Å². The molecule has 0 bridgehead atoms. The van der Waals surface area contributed by atoms with E-state index in [-0.39, 0.29) is 16.5 Å². The zero-order valence-corrected chi connectivity index (χ0v) is 10.5. The Hall–Kier alpha value is -1.03. The maximum absolute atomic E-state index is 13.3. The van der Waals surface area contributed by atoms with Gasteiger partial charge in [-0.05, 0) is 18.6 Å². The largest absolute Gasteiger partial charge is 0.461 e. The zero-order valence-electron chi connectivity index (χ0n) is 9.64. The smallest absolute Gasteiger partial charge is 0.338 e. The van der Waals surface area contributed by atoms with Crippen molar-refractivity contribution in [2.24, 2.45) is 0 Å². The van der Waals surface area contributed by atoms with Crippen LogP contribution in [-0.2, 0) is 4.74 Å². The van der Waals surface area contributed by atoms with Crippen LogP contribution in [0.5, 0.6) is 0 Å². The fourth-order valence-corrected chi connectivity index (χ4v) is 3.15. The van der Waals surface area contributed by atoms with E-state index in [1.807, 2.05) is 13.0 Å². The topological polar surface area (TPSA) is 26.3 Å². The van der Waals surface area contributed by atoms with Gasteiger partial charge in [-0.3, -0.25) is 0 Å². The number of ether oxygens (including phenoxy) is 1. The average Bonchev–Trinajstić information content (AvgIpc) is 2.67. The molecule has 1 fully saturated rings. The molecule has 0 saturated carbocycles. The normalized spacial score (nSPS) is 28.0. The van der Waals surface area contributed by atoms with Crippen LogP contribution in [0.25, 0.3) is 0 Å². The number of carbonyl (C=O) groups excluding carboxylic acids is 1. The molecule has 1 saturated heterocycles. The van der Waals surface area contributed by atoms with E-state index in [0.29, 0.717) is 18.6 Å². The van der Waals surface area contributed by atoms with Gasteiger partial charge in [-0.1, -0.05) is 25.1 Å². The number of benzene rings is 1. The number of esters is 1. The summed E-state index contributed by atoms with van der Waals surface area (Å²) in [4.78, 5) is 11.6. The second-order valence-corrected chi connectivity index (χ2v) is 5.86. The van der Waals surface area contributed by atoms with Crippen LogP contribution in [0.4, 0.5) is 4.39 Å². The summed E-state index contributed by atoms with van der Waals surface area (Å²) in [5, 5.41) is 0.100. The van der Waals surface area contributed by atoms with Crippen LogP contribution in [0.3, 0.4) is 0 Å². The Morgan fingerprint density at radius 1 is 1.47 bits per heavy atom. The minimum Gasteiger partial charge on any atom is -0.461 e. The van der Waals surface area contributed by atoms with Gasteiger partial charge in [0.25, 0.3) is 0 Å². The average molecular weight is 254 g/mol. The second kappa shape index (κ2) is 5.54. The molecule has 0 amide bonds. The first-order valence-corrected chi connectivity index (χ1v) is 6.63. The minimum atomic E-state index is -0.777. The maximum atomic E-state index is 13.3. The number of alkyl halides is 1. The molecule has 0 spiro atoms. The lowest BCUT2D eigenvalue weighted by molar-refractivity contribution is 0.0501. The highest BCUT2D eigenvalue weighted by atomic mass is 32.2. The van der Waals surface area contributed by atoms with Gasteiger partial charge in [-0.2, -0.15) is 0 Å². The van der Waals surface area contributed by atoms with Crippen LogP contribution in [0, 0.1) is 0 Å². The highest BCUT2D eigenvalue weighted by Crippen LogP contribution is 2.35. The summed E-state index contributed by atoms with van der Waals surface area (Å²) in [7, 11) is 0. The first-order valence-electron chi connectivity index (χ1n) is 5.68. The molecule has 1 unspecified atom stereocenters. The summed E-state index contributed by atoms with van der Waals surface area (Å²) < 4.78 is 18.4. The van der Waals surface area contributed by atoms with Crippen LogP contribution in [0.2, 0.25) is 0 Å². The third-order valence-corrected chi connectivity index (χ3v) is 4.25. The monoisotopic (exact) mass is 254 g/mol. The van der Waals surface area contributed by atoms with Gasteiger partial charge >= 0.3 is 5.97 Å². The summed E-state index contributed by atoms with van der Waals surface area (Å²) in [6, 6.07) is 8.86. The van der Waals surface area contributed by atoms with E-state index in [2.05, 4.69) is 0 Å². The predicted octanol–water partition coefficient (Wildman–Crippen LogP) is 3.08.